The minimum atomic E-state index is -0.989. The number of halogens is 1. The van der Waals surface area contributed by atoms with Crippen LogP contribution in [0.3, 0.4) is 0 Å². The first-order valence-corrected chi connectivity index (χ1v) is 5.95. The van der Waals surface area contributed by atoms with Gasteiger partial charge in [0.05, 0.1) is 11.6 Å². The number of hydrogen-bond acceptors (Lipinski definition) is 3. The van der Waals surface area contributed by atoms with Crippen molar-refractivity contribution in [1.29, 1.82) is 0 Å². The van der Waals surface area contributed by atoms with Gasteiger partial charge in [-0.05, 0) is 30.7 Å². The number of aromatic carboxylic acids is 1. The number of hydrogen-bond donors (Lipinski definition) is 1. The summed E-state index contributed by atoms with van der Waals surface area (Å²) >= 11 is 5.77. The van der Waals surface area contributed by atoms with Crippen LogP contribution in [0.15, 0.2) is 41.2 Å². The van der Waals surface area contributed by atoms with Crippen LogP contribution < -0.4 is 5.56 Å². The van der Waals surface area contributed by atoms with Crippen molar-refractivity contribution in [3.05, 3.63) is 63.0 Å². The van der Waals surface area contributed by atoms with E-state index < -0.39 is 5.97 Å². The lowest BCUT2D eigenvalue weighted by Gasteiger charge is -2.14. The van der Waals surface area contributed by atoms with Crippen molar-refractivity contribution >= 4 is 17.6 Å². The van der Waals surface area contributed by atoms with Gasteiger partial charge in [-0.1, -0.05) is 23.7 Å². The Morgan fingerprint density at radius 1 is 1.26 bits per heavy atom. The van der Waals surface area contributed by atoms with E-state index >= 15 is 0 Å². The fraction of sp³-hybridized carbons (Fsp3) is 0.154. The normalized spacial score (nSPS) is 12.1. The predicted molar refractivity (Wildman–Crippen MR) is 70.7 cm³/mol. The van der Waals surface area contributed by atoms with E-state index in [1.807, 2.05) is 0 Å². The highest BCUT2D eigenvalue weighted by atomic mass is 35.5. The van der Waals surface area contributed by atoms with Crippen molar-refractivity contribution in [3.63, 3.8) is 0 Å². The van der Waals surface area contributed by atoms with E-state index in [2.05, 4.69) is 5.10 Å². The lowest BCUT2D eigenvalue weighted by molar-refractivity contribution is 0.0697. The molecule has 1 atom stereocenters. The number of rotatable bonds is 3. The van der Waals surface area contributed by atoms with E-state index in [0.717, 1.165) is 5.56 Å². The quantitative estimate of drug-likeness (QED) is 0.934. The maximum Gasteiger partial charge on any atom is 0.335 e. The van der Waals surface area contributed by atoms with Gasteiger partial charge in [-0.25, -0.2) is 9.48 Å². The van der Waals surface area contributed by atoms with Crippen LogP contribution in [-0.2, 0) is 0 Å². The van der Waals surface area contributed by atoms with Gasteiger partial charge in [-0.3, -0.25) is 4.79 Å². The Bertz CT molecular complexity index is 664. The first kappa shape index (κ1) is 13.3. The molecule has 1 aromatic carbocycles. The summed E-state index contributed by atoms with van der Waals surface area (Å²) in [5.41, 5.74) is 0.712. The van der Waals surface area contributed by atoms with E-state index in [1.165, 1.54) is 28.9 Å². The molecule has 98 valence electrons. The maximum absolute atomic E-state index is 11.7. The molecule has 0 bridgehead atoms. The minimum Gasteiger partial charge on any atom is -0.478 e. The second-order valence-electron chi connectivity index (χ2n) is 4.04. The highest BCUT2D eigenvalue weighted by Crippen LogP contribution is 2.16. The number of nitrogens with zero attached hydrogens (tertiary/aromatic N) is 2. The highest BCUT2D eigenvalue weighted by molar-refractivity contribution is 6.29. The van der Waals surface area contributed by atoms with Crippen LogP contribution in [0.4, 0.5) is 0 Å². The van der Waals surface area contributed by atoms with Crippen LogP contribution in [0.25, 0.3) is 0 Å². The molecule has 0 saturated heterocycles. The predicted octanol–water partition coefficient (Wildman–Crippen LogP) is 2.20. The van der Waals surface area contributed by atoms with Crippen LogP contribution in [0.5, 0.6) is 0 Å². The van der Waals surface area contributed by atoms with Crippen LogP contribution >= 0.6 is 11.6 Å². The SMILES string of the molecule is C[C@@H](c1ccc(C(=O)O)cc1)n1nc(Cl)ccc1=O. The first-order valence-electron chi connectivity index (χ1n) is 5.57. The zero-order valence-corrected chi connectivity index (χ0v) is 10.8. The maximum atomic E-state index is 11.7. The summed E-state index contributed by atoms with van der Waals surface area (Å²) in [6.45, 7) is 1.79. The third-order valence-corrected chi connectivity index (χ3v) is 3.00. The Morgan fingerprint density at radius 3 is 2.47 bits per heavy atom. The molecule has 0 unspecified atom stereocenters. The van der Waals surface area contributed by atoms with Crippen molar-refractivity contribution in [2.45, 2.75) is 13.0 Å². The molecule has 2 rings (SSSR count). The average molecular weight is 279 g/mol. The Morgan fingerprint density at radius 2 is 1.89 bits per heavy atom. The van der Waals surface area contributed by atoms with Gasteiger partial charge >= 0.3 is 5.97 Å². The molecule has 0 saturated carbocycles. The summed E-state index contributed by atoms with van der Waals surface area (Å²) in [6, 6.07) is 8.74. The Labute approximate surface area is 114 Å². The molecular formula is C13H11ClN2O3. The molecule has 2 aromatic rings. The van der Waals surface area contributed by atoms with Gasteiger partial charge in [0, 0.05) is 6.07 Å². The lowest BCUT2D eigenvalue weighted by Crippen LogP contribution is -2.25. The summed E-state index contributed by atoms with van der Waals surface area (Å²) < 4.78 is 1.26. The number of aromatic nitrogens is 2. The summed E-state index contributed by atoms with van der Waals surface area (Å²) in [5, 5.41) is 13.0. The molecule has 0 fully saturated rings. The van der Waals surface area contributed by atoms with Gasteiger partial charge in [0.15, 0.2) is 0 Å². The number of carboxylic acid groups (broad SMARTS) is 1. The zero-order valence-electron chi connectivity index (χ0n) is 10.1. The topological polar surface area (TPSA) is 72.2 Å². The first-order chi connectivity index (χ1) is 8.99. The fourth-order valence-electron chi connectivity index (χ4n) is 1.72. The molecule has 1 N–H and O–H groups in total. The van der Waals surface area contributed by atoms with Crippen LogP contribution in [0.1, 0.15) is 28.9 Å². The molecular weight excluding hydrogens is 268 g/mol. The Balaban J connectivity index is 2.38. The van der Waals surface area contributed by atoms with Gasteiger partial charge in [-0.15, -0.1) is 0 Å². The number of benzene rings is 1. The van der Waals surface area contributed by atoms with Crippen LogP contribution in [-0.4, -0.2) is 20.9 Å². The summed E-state index contributed by atoms with van der Waals surface area (Å²) in [4.78, 5) is 22.5. The minimum absolute atomic E-state index is 0.197. The van der Waals surface area contributed by atoms with Crippen molar-refractivity contribution in [2.24, 2.45) is 0 Å². The van der Waals surface area contributed by atoms with Gasteiger partial charge < -0.3 is 5.11 Å². The molecule has 0 amide bonds. The lowest BCUT2D eigenvalue weighted by atomic mass is 10.1. The molecule has 0 aliphatic heterocycles. The van der Waals surface area contributed by atoms with Gasteiger partial charge in [0.1, 0.15) is 5.15 Å². The Hall–Kier alpha value is -2.14. The second-order valence-corrected chi connectivity index (χ2v) is 4.43. The van der Waals surface area contributed by atoms with Gasteiger partial charge in [0.2, 0.25) is 0 Å². The second kappa shape index (κ2) is 5.24. The molecule has 5 nitrogen and oxygen atoms in total. The van der Waals surface area contributed by atoms with E-state index in [-0.39, 0.29) is 22.3 Å². The van der Waals surface area contributed by atoms with Crippen molar-refractivity contribution < 1.29 is 9.90 Å². The summed E-state index contributed by atoms with van der Waals surface area (Å²) in [7, 11) is 0. The van der Waals surface area contributed by atoms with Gasteiger partial charge in [0.25, 0.3) is 5.56 Å². The van der Waals surface area contributed by atoms with Gasteiger partial charge in [-0.2, -0.15) is 5.10 Å². The summed E-state index contributed by atoms with van der Waals surface area (Å²) in [5.74, 6) is -0.989. The zero-order chi connectivity index (χ0) is 14.0. The molecule has 0 spiro atoms. The van der Waals surface area contributed by atoms with E-state index in [1.54, 1.807) is 19.1 Å². The molecule has 0 aliphatic carbocycles. The number of carboxylic acids is 1. The van der Waals surface area contributed by atoms with E-state index in [4.69, 9.17) is 16.7 Å². The largest absolute Gasteiger partial charge is 0.478 e. The monoisotopic (exact) mass is 278 g/mol. The molecule has 1 heterocycles. The van der Waals surface area contributed by atoms with E-state index in [9.17, 15) is 9.59 Å². The Kier molecular flexibility index (Phi) is 3.66. The number of carbonyl (C=O) groups is 1. The fourth-order valence-corrected chi connectivity index (χ4v) is 1.87. The third kappa shape index (κ3) is 2.82. The smallest absolute Gasteiger partial charge is 0.335 e. The van der Waals surface area contributed by atoms with Crippen molar-refractivity contribution in [2.75, 3.05) is 0 Å². The molecule has 0 aliphatic rings. The molecule has 19 heavy (non-hydrogen) atoms. The molecule has 6 heteroatoms. The summed E-state index contributed by atoms with van der Waals surface area (Å²) in [6.07, 6.45) is 0. The molecule has 0 radical (unpaired) electrons. The standard InChI is InChI=1S/C13H11ClN2O3/c1-8(16-12(17)7-6-11(14)15-16)9-2-4-10(5-3-9)13(18)19/h2-8H,1H3,(H,18,19)/t8-/m0/s1. The van der Waals surface area contributed by atoms with Crippen LogP contribution in [0.2, 0.25) is 5.15 Å². The highest BCUT2D eigenvalue weighted by Gasteiger charge is 2.12. The van der Waals surface area contributed by atoms with Crippen molar-refractivity contribution in [3.8, 4) is 0 Å². The van der Waals surface area contributed by atoms with Crippen LogP contribution in [0, 0.1) is 0 Å². The third-order valence-electron chi connectivity index (χ3n) is 2.80. The molecule has 1 aromatic heterocycles. The van der Waals surface area contributed by atoms with Crippen molar-refractivity contribution in [1.82, 2.24) is 9.78 Å². The van der Waals surface area contributed by atoms with E-state index in [0.29, 0.717) is 0 Å². The average Bonchev–Trinajstić information content (AvgIpc) is 2.41.